The van der Waals surface area contributed by atoms with Crippen molar-refractivity contribution in [1.29, 1.82) is 0 Å². The molecule has 78 valence electrons. The van der Waals surface area contributed by atoms with Crippen LogP contribution in [-0.4, -0.2) is 6.08 Å². The van der Waals surface area contributed by atoms with Crippen LogP contribution >= 0.6 is 15.9 Å². The summed E-state index contributed by atoms with van der Waals surface area (Å²) in [5.74, 6) is 0. The lowest BCUT2D eigenvalue weighted by Gasteiger charge is -2.06. The van der Waals surface area contributed by atoms with Crippen LogP contribution in [0, 0.1) is 0 Å². The van der Waals surface area contributed by atoms with Gasteiger partial charge in [-0.05, 0) is 17.7 Å². The van der Waals surface area contributed by atoms with E-state index in [2.05, 4.69) is 20.9 Å². The molecule has 0 aromatic heterocycles. The van der Waals surface area contributed by atoms with Gasteiger partial charge in [-0.15, -0.1) is 0 Å². The molecule has 0 saturated heterocycles. The van der Waals surface area contributed by atoms with Crippen molar-refractivity contribution in [3.05, 3.63) is 53.0 Å². The van der Waals surface area contributed by atoms with E-state index in [0.717, 1.165) is 15.6 Å². The highest BCUT2D eigenvalue weighted by atomic mass is 79.9. The Labute approximate surface area is 102 Å². The molecule has 2 aromatic carbocycles. The minimum absolute atomic E-state index is 0.629. The summed E-state index contributed by atoms with van der Waals surface area (Å²) in [5.41, 5.74) is 2.56. The fraction of sp³-hybridized carbons (Fsp3) is 0. The van der Waals surface area contributed by atoms with E-state index in [4.69, 9.17) is 0 Å². The zero-order valence-corrected chi connectivity index (χ0v) is 9.94. The molecule has 0 radical (unpaired) electrons. The van der Waals surface area contributed by atoms with Crippen LogP contribution in [0.1, 0.15) is 0 Å². The lowest BCUT2D eigenvalue weighted by Crippen LogP contribution is -1.80. The average molecular weight is 274 g/mol. The predicted octanol–water partition coefficient (Wildman–Crippen LogP) is 4.08. The lowest BCUT2D eigenvalue weighted by atomic mass is 10.0. The first-order valence-corrected chi connectivity index (χ1v) is 5.54. The highest BCUT2D eigenvalue weighted by Gasteiger charge is 2.06. The van der Waals surface area contributed by atoms with Gasteiger partial charge < -0.3 is 0 Å². The summed E-state index contributed by atoms with van der Waals surface area (Å²) < 4.78 is 0.976. The standard InChI is InChI=1S/C13H8BrNO/c14-12-7-3-1-5-10(12)11-6-2-4-8-13(11)15-9-16/h1-8H. The fourth-order valence-corrected chi connectivity index (χ4v) is 2.03. The zero-order chi connectivity index (χ0) is 11.4. The number of nitrogens with zero attached hydrogens (tertiary/aromatic N) is 1. The molecule has 2 nitrogen and oxygen atoms in total. The Kier molecular flexibility index (Phi) is 3.30. The minimum Gasteiger partial charge on any atom is -0.211 e. The summed E-state index contributed by atoms with van der Waals surface area (Å²) in [6.45, 7) is 0. The molecule has 0 aliphatic carbocycles. The van der Waals surface area contributed by atoms with Gasteiger partial charge in [-0.2, -0.15) is 4.99 Å². The van der Waals surface area contributed by atoms with Crippen molar-refractivity contribution in [1.82, 2.24) is 0 Å². The molecular weight excluding hydrogens is 266 g/mol. The van der Waals surface area contributed by atoms with Crippen LogP contribution in [0.5, 0.6) is 0 Å². The van der Waals surface area contributed by atoms with Gasteiger partial charge >= 0.3 is 0 Å². The maximum atomic E-state index is 10.3. The predicted molar refractivity (Wildman–Crippen MR) is 67.4 cm³/mol. The fourth-order valence-electron chi connectivity index (χ4n) is 1.53. The van der Waals surface area contributed by atoms with E-state index in [-0.39, 0.29) is 0 Å². The number of isocyanates is 1. The number of halogens is 1. The molecule has 0 aliphatic heterocycles. The van der Waals surface area contributed by atoms with Gasteiger partial charge in [-0.25, -0.2) is 4.79 Å². The molecule has 0 heterocycles. The third kappa shape index (κ3) is 2.11. The normalized spacial score (nSPS) is 9.56. The Morgan fingerprint density at radius 1 is 0.938 bits per heavy atom. The summed E-state index contributed by atoms with van der Waals surface area (Å²) in [6, 6.07) is 15.3. The highest BCUT2D eigenvalue weighted by Crippen LogP contribution is 2.34. The van der Waals surface area contributed by atoms with Crippen molar-refractivity contribution >= 4 is 27.7 Å². The van der Waals surface area contributed by atoms with Gasteiger partial charge in [-0.3, -0.25) is 0 Å². The maximum absolute atomic E-state index is 10.3. The number of hydrogen-bond acceptors (Lipinski definition) is 2. The Balaban J connectivity index is 2.64. The molecule has 2 aromatic rings. The van der Waals surface area contributed by atoms with E-state index in [1.807, 2.05) is 42.5 Å². The largest absolute Gasteiger partial charge is 0.240 e. The van der Waals surface area contributed by atoms with Crippen LogP contribution in [0.15, 0.2) is 58.0 Å². The van der Waals surface area contributed by atoms with E-state index in [9.17, 15) is 4.79 Å². The first-order valence-electron chi connectivity index (χ1n) is 4.75. The highest BCUT2D eigenvalue weighted by molar-refractivity contribution is 9.10. The second-order valence-electron chi connectivity index (χ2n) is 3.20. The van der Waals surface area contributed by atoms with Crippen LogP contribution in [-0.2, 0) is 4.79 Å². The Morgan fingerprint density at radius 3 is 2.25 bits per heavy atom. The van der Waals surface area contributed by atoms with Gasteiger partial charge in [0.15, 0.2) is 0 Å². The van der Waals surface area contributed by atoms with Crippen molar-refractivity contribution in [2.75, 3.05) is 0 Å². The van der Waals surface area contributed by atoms with Crippen LogP contribution in [0.4, 0.5) is 5.69 Å². The zero-order valence-electron chi connectivity index (χ0n) is 8.35. The van der Waals surface area contributed by atoms with Crippen LogP contribution in [0.25, 0.3) is 11.1 Å². The van der Waals surface area contributed by atoms with Crippen molar-refractivity contribution in [2.24, 2.45) is 4.99 Å². The second-order valence-corrected chi connectivity index (χ2v) is 4.05. The molecule has 0 atom stereocenters. The van der Waals surface area contributed by atoms with E-state index >= 15 is 0 Å². The lowest BCUT2D eigenvalue weighted by molar-refractivity contribution is 0.565. The summed E-state index contributed by atoms with van der Waals surface area (Å²) >= 11 is 3.48. The van der Waals surface area contributed by atoms with Gasteiger partial charge in [0.1, 0.15) is 0 Å². The number of benzene rings is 2. The number of aliphatic imine (C=N–C) groups is 1. The molecule has 0 saturated carbocycles. The quantitative estimate of drug-likeness (QED) is 0.599. The van der Waals surface area contributed by atoms with Gasteiger partial charge in [-0.1, -0.05) is 52.3 Å². The third-order valence-corrected chi connectivity index (χ3v) is 2.93. The Bertz CT molecular complexity index is 559. The van der Waals surface area contributed by atoms with E-state index in [1.54, 1.807) is 12.1 Å². The summed E-state index contributed by atoms with van der Waals surface area (Å²) in [7, 11) is 0. The summed E-state index contributed by atoms with van der Waals surface area (Å²) in [4.78, 5) is 14.0. The Morgan fingerprint density at radius 2 is 1.56 bits per heavy atom. The van der Waals surface area contributed by atoms with E-state index in [1.165, 1.54) is 0 Å². The molecule has 0 spiro atoms. The van der Waals surface area contributed by atoms with Crippen molar-refractivity contribution in [2.45, 2.75) is 0 Å². The molecule has 3 heteroatoms. The molecular formula is C13H8BrNO. The van der Waals surface area contributed by atoms with Gasteiger partial charge in [0.2, 0.25) is 6.08 Å². The smallest absolute Gasteiger partial charge is 0.211 e. The molecule has 0 amide bonds. The monoisotopic (exact) mass is 273 g/mol. The topological polar surface area (TPSA) is 29.4 Å². The second kappa shape index (κ2) is 4.88. The van der Waals surface area contributed by atoms with Crippen LogP contribution < -0.4 is 0 Å². The molecule has 0 N–H and O–H groups in total. The van der Waals surface area contributed by atoms with Crippen molar-refractivity contribution < 1.29 is 4.79 Å². The van der Waals surface area contributed by atoms with Gasteiger partial charge in [0, 0.05) is 10.0 Å². The van der Waals surface area contributed by atoms with Gasteiger partial charge in [0.25, 0.3) is 0 Å². The van der Waals surface area contributed by atoms with Gasteiger partial charge in [0.05, 0.1) is 5.69 Å². The van der Waals surface area contributed by atoms with Crippen molar-refractivity contribution in [3.63, 3.8) is 0 Å². The molecule has 0 bridgehead atoms. The average Bonchev–Trinajstić information content (AvgIpc) is 2.31. The van der Waals surface area contributed by atoms with Crippen LogP contribution in [0.2, 0.25) is 0 Å². The summed E-state index contributed by atoms with van der Waals surface area (Å²) in [6.07, 6.45) is 1.57. The molecule has 16 heavy (non-hydrogen) atoms. The Hall–Kier alpha value is -1.70. The number of rotatable bonds is 2. The summed E-state index contributed by atoms with van der Waals surface area (Å²) in [5, 5.41) is 0. The van der Waals surface area contributed by atoms with E-state index < -0.39 is 0 Å². The first-order chi connectivity index (χ1) is 7.83. The molecule has 2 rings (SSSR count). The first kappa shape index (κ1) is 10.8. The molecule has 0 fully saturated rings. The van der Waals surface area contributed by atoms with Crippen LogP contribution in [0.3, 0.4) is 0 Å². The molecule has 0 unspecified atom stereocenters. The number of para-hydroxylation sites is 1. The molecule has 0 aliphatic rings. The number of carbonyl (C=O) groups excluding carboxylic acids is 1. The third-order valence-electron chi connectivity index (χ3n) is 2.23. The van der Waals surface area contributed by atoms with Crippen molar-refractivity contribution in [3.8, 4) is 11.1 Å². The minimum atomic E-state index is 0.629. The van der Waals surface area contributed by atoms with E-state index in [0.29, 0.717) is 5.69 Å². The SMILES string of the molecule is O=C=Nc1ccccc1-c1ccccc1Br. The maximum Gasteiger partial charge on any atom is 0.240 e. The number of hydrogen-bond donors (Lipinski definition) is 0.